The summed E-state index contributed by atoms with van der Waals surface area (Å²) in [6.45, 7) is 3.33. The van der Waals surface area contributed by atoms with Gasteiger partial charge in [0.15, 0.2) is 5.82 Å². The molecule has 0 fully saturated rings. The minimum atomic E-state index is 0.364. The zero-order valence-corrected chi connectivity index (χ0v) is 11.1. The fourth-order valence-corrected chi connectivity index (χ4v) is 2.44. The van der Waals surface area contributed by atoms with Crippen molar-refractivity contribution in [2.45, 2.75) is 32.5 Å². The number of hydrogen-bond acceptors (Lipinski definition) is 5. The van der Waals surface area contributed by atoms with Crippen molar-refractivity contribution in [2.24, 2.45) is 0 Å². The number of hydrogen-bond donors (Lipinski definition) is 1. The number of rotatable bonds is 4. The highest BCUT2D eigenvalue weighted by atomic mass is 16.5. The van der Waals surface area contributed by atoms with Crippen molar-refractivity contribution in [3.63, 3.8) is 0 Å². The van der Waals surface area contributed by atoms with E-state index in [1.807, 2.05) is 25.5 Å². The first-order valence-electron chi connectivity index (χ1n) is 6.33. The molecule has 2 aromatic heterocycles. The fourth-order valence-electron chi connectivity index (χ4n) is 2.44. The van der Waals surface area contributed by atoms with Gasteiger partial charge in [0.25, 0.3) is 0 Å². The van der Waals surface area contributed by atoms with Crippen LogP contribution in [0, 0.1) is 6.92 Å². The number of methoxy groups -OCH3 is 1. The minimum absolute atomic E-state index is 0.364. The standard InChI is InChI=1S/C13H17N5O/c1-9-3-12(17-13(15-9)7-19-2)16-10-4-11-5-14-8-18(11)6-10/h3,5,8,10H,4,6-7H2,1-2H3,(H,15,16,17). The normalized spacial score (nSPS) is 17.5. The van der Waals surface area contributed by atoms with E-state index in [-0.39, 0.29) is 0 Å². The summed E-state index contributed by atoms with van der Waals surface area (Å²) in [4.78, 5) is 12.9. The van der Waals surface area contributed by atoms with Gasteiger partial charge in [-0.3, -0.25) is 0 Å². The summed E-state index contributed by atoms with van der Waals surface area (Å²) in [5, 5.41) is 3.46. The average Bonchev–Trinajstić information content (AvgIpc) is 2.89. The Kier molecular flexibility index (Phi) is 3.16. The summed E-state index contributed by atoms with van der Waals surface area (Å²) in [6.07, 6.45) is 4.77. The number of aryl methyl sites for hydroxylation is 1. The van der Waals surface area contributed by atoms with Crippen molar-refractivity contribution >= 4 is 5.82 Å². The molecule has 6 nitrogen and oxygen atoms in total. The van der Waals surface area contributed by atoms with E-state index < -0.39 is 0 Å². The van der Waals surface area contributed by atoms with Gasteiger partial charge in [-0.25, -0.2) is 15.0 Å². The van der Waals surface area contributed by atoms with Crippen LogP contribution in [0.5, 0.6) is 0 Å². The second-order valence-corrected chi connectivity index (χ2v) is 4.83. The van der Waals surface area contributed by atoms with Gasteiger partial charge in [0.1, 0.15) is 12.4 Å². The van der Waals surface area contributed by atoms with Crippen molar-refractivity contribution in [1.82, 2.24) is 19.5 Å². The van der Waals surface area contributed by atoms with Crippen LogP contribution in [-0.2, 0) is 24.3 Å². The average molecular weight is 259 g/mol. The van der Waals surface area contributed by atoms with Crippen LogP contribution in [0.15, 0.2) is 18.6 Å². The molecule has 3 rings (SSSR count). The molecule has 19 heavy (non-hydrogen) atoms. The van der Waals surface area contributed by atoms with Crippen LogP contribution in [0.4, 0.5) is 5.82 Å². The molecule has 0 radical (unpaired) electrons. The lowest BCUT2D eigenvalue weighted by Crippen LogP contribution is -2.22. The predicted molar refractivity (Wildman–Crippen MR) is 70.8 cm³/mol. The monoisotopic (exact) mass is 259 g/mol. The van der Waals surface area contributed by atoms with Gasteiger partial charge in [0.05, 0.1) is 12.4 Å². The molecule has 2 aromatic rings. The number of ether oxygens (including phenoxy) is 1. The molecule has 6 heteroatoms. The number of nitrogens with zero attached hydrogens (tertiary/aromatic N) is 4. The van der Waals surface area contributed by atoms with Crippen molar-refractivity contribution in [3.8, 4) is 0 Å². The molecule has 0 amide bonds. The van der Waals surface area contributed by atoms with E-state index in [1.54, 1.807) is 7.11 Å². The molecule has 0 bridgehead atoms. The highest BCUT2D eigenvalue weighted by Crippen LogP contribution is 2.18. The van der Waals surface area contributed by atoms with E-state index in [0.717, 1.165) is 24.5 Å². The third-order valence-electron chi connectivity index (χ3n) is 3.20. The minimum Gasteiger partial charge on any atom is -0.377 e. The molecule has 0 aliphatic carbocycles. The number of aromatic nitrogens is 4. The topological polar surface area (TPSA) is 64.9 Å². The van der Waals surface area contributed by atoms with Gasteiger partial charge in [0, 0.05) is 43.7 Å². The second-order valence-electron chi connectivity index (χ2n) is 4.83. The van der Waals surface area contributed by atoms with Gasteiger partial charge in [-0.15, -0.1) is 0 Å². The lowest BCUT2D eigenvalue weighted by molar-refractivity contribution is 0.177. The van der Waals surface area contributed by atoms with Crippen LogP contribution >= 0.6 is 0 Å². The van der Waals surface area contributed by atoms with Crippen molar-refractivity contribution in [1.29, 1.82) is 0 Å². The van der Waals surface area contributed by atoms with Gasteiger partial charge < -0.3 is 14.6 Å². The molecule has 1 unspecified atom stereocenters. The maximum Gasteiger partial charge on any atom is 0.156 e. The molecule has 0 spiro atoms. The molecule has 0 saturated carbocycles. The second kappa shape index (κ2) is 4.97. The number of nitrogens with one attached hydrogen (secondary N) is 1. The highest BCUT2D eigenvalue weighted by Gasteiger charge is 2.21. The van der Waals surface area contributed by atoms with E-state index in [4.69, 9.17) is 4.74 Å². The molecule has 100 valence electrons. The van der Waals surface area contributed by atoms with Crippen LogP contribution in [0.25, 0.3) is 0 Å². The molecular weight excluding hydrogens is 242 g/mol. The van der Waals surface area contributed by atoms with Crippen LogP contribution in [0.2, 0.25) is 0 Å². The largest absolute Gasteiger partial charge is 0.377 e. The van der Waals surface area contributed by atoms with E-state index in [9.17, 15) is 0 Å². The zero-order valence-electron chi connectivity index (χ0n) is 11.1. The Morgan fingerprint density at radius 1 is 1.47 bits per heavy atom. The zero-order chi connectivity index (χ0) is 13.2. The van der Waals surface area contributed by atoms with Crippen LogP contribution in [0.3, 0.4) is 0 Å². The number of anilines is 1. The molecular formula is C13H17N5O. The molecule has 1 N–H and O–H groups in total. The van der Waals surface area contributed by atoms with E-state index in [0.29, 0.717) is 18.5 Å². The molecule has 1 atom stereocenters. The molecule has 3 heterocycles. The van der Waals surface area contributed by atoms with E-state index in [2.05, 4.69) is 24.8 Å². The Labute approximate surface area is 111 Å². The molecule has 0 aromatic carbocycles. The SMILES string of the molecule is COCc1nc(C)cc(NC2Cc3cncn3C2)n1. The number of fused-ring (bicyclic) bond motifs is 1. The lowest BCUT2D eigenvalue weighted by Gasteiger charge is -2.13. The lowest BCUT2D eigenvalue weighted by atomic mass is 10.2. The van der Waals surface area contributed by atoms with Crippen molar-refractivity contribution < 1.29 is 4.74 Å². The highest BCUT2D eigenvalue weighted by molar-refractivity contribution is 5.38. The Bertz CT molecular complexity index is 560. The summed E-state index contributed by atoms with van der Waals surface area (Å²) < 4.78 is 7.25. The van der Waals surface area contributed by atoms with Crippen LogP contribution < -0.4 is 5.32 Å². The number of imidazole rings is 1. The Morgan fingerprint density at radius 2 is 2.37 bits per heavy atom. The van der Waals surface area contributed by atoms with Crippen LogP contribution in [-0.4, -0.2) is 32.7 Å². The Hall–Kier alpha value is -1.95. The molecule has 1 aliphatic rings. The maximum absolute atomic E-state index is 5.08. The fraction of sp³-hybridized carbons (Fsp3) is 0.462. The van der Waals surface area contributed by atoms with Gasteiger partial charge in [0.2, 0.25) is 0 Å². The summed E-state index contributed by atoms with van der Waals surface area (Å²) in [6, 6.07) is 2.33. The Morgan fingerprint density at radius 3 is 3.16 bits per heavy atom. The first kappa shape index (κ1) is 12.1. The molecule has 1 aliphatic heterocycles. The van der Waals surface area contributed by atoms with Crippen molar-refractivity contribution in [3.05, 3.63) is 35.8 Å². The van der Waals surface area contributed by atoms with E-state index >= 15 is 0 Å². The summed E-state index contributed by atoms with van der Waals surface area (Å²) in [5.41, 5.74) is 2.21. The first-order valence-corrected chi connectivity index (χ1v) is 6.33. The Balaban J connectivity index is 1.72. The van der Waals surface area contributed by atoms with Gasteiger partial charge in [-0.2, -0.15) is 0 Å². The van der Waals surface area contributed by atoms with Crippen LogP contribution in [0.1, 0.15) is 17.2 Å². The third-order valence-corrected chi connectivity index (χ3v) is 3.20. The van der Waals surface area contributed by atoms with Crippen molar-refractivity contribution in [2.75, 3.05) is 12.4 Å². The van der Waals surface area contributed by atoms with Gasteiger partial charge in [-0.05, 0) is 6.92 Å². The maximum atomic E-state index is 5.08. The predicted octanol–water partition coefficient (Wildman–Crippen LogP) is 1.16. The van der Waals surface area contributed by atoms with Gasteiger partial charge >= 0.3 is 0 Å². The quantitative estimate of drug-likeness (QED) is 0.892. The van der Waals surface area contributed by atoms with Gasteiger partial charge in [-0.1, -0.05) is 0 Å². The van der Waals surface area contributed by atoms with E-state index in [1.165, 1.54) is 5.69 Å². The summed E-state index contributed by atoms with van der Waals surface area (Å²) >= 11 is 0. The summed E-state index contributed by atoms with van der Waals surface area (Å²) in [7, 11) is 1.65. The smallest absolute Gasteiger partial charge is 0.156 e. The summed E-state index contributed by atoms with van der Waals surface area (Å²) in [5.74, 6) is 1.58. The third kappa shape index (κ3) is 2.58. The first-order chi connectivity index (χ1) is 9.24. The molecule has 0 saturated heterocycles.